The largest absolute Gasteiger partial charge is 0.331 e. The monoisotopic (exact) mass is 213 g/mol. The minimum atomic E-state index is 0.0741. The van der Waals surface area contributed by atoms with Gasteiger partial charge in [0.25, 0.3) is 0 Å². The zero-order valence-electron chi connectivity index (χ0n) is 9.48. The Bertz CT molecular complexity index is 223. The fourth-order valence-electron chi connectivity index (χ4n) is 1.68. The number of rotatable bonds is 3. The highest BCUT2D eigenvalue weighted by atomic mass is 16.2. The molecule has 0 saturated carbocycles. The van der Waals surface area contributed by atoms with Crippen molar-refractivity contribution in [3.63, 3.8) is 0 Å². The zero-order valence-corrected chi connectivity index (χ0v) is 9.48. The Hall–Kier alpha value is -1.10. The lowest BCUT2D eigenvalue weighted by molar-refractivity contribution is -0.108. The van der Waals surface area contributed by atoms with Crippen molar-refractivity contribution in [3.8, 4) is 0 Å². The van der Waals surface area contributed by atoms with Crippen LogP contribution in [0.25, 0.3) is 0 Å². The lowest BCUT2D eigenvalue weighted by atomic mass is 10.3. The fourth-order valence-corrected chi connectivity index (χ4v) is 1.68. The van der Waals surface area contributed by atoms with Gasteiger partial charge in [-0.05, 0) is 0 Å². The fraction of sp³-hybridized carbons (Fsp3) is 0.800. The maximum Gasteiger partial charge on any atom is 0.319 e. The van der Waals surface area contributed by atoms with E-state index in [1.807, 2.05) is 4.90 Å². The zero-order chi connectivity index (χ0) is 11.3. The van der Waals surface area contributed by atoms with E-state index in [4.69, 9.17) is 0 Å². The molecular weight excluding hydrogens is 194 g/mol. The Balaban J connectivity index is 2.29. The summed E-state index contributed by atoms with van der Waals surface area (Å²) in [6.45, 7) is 4.07. The molecule has 0 N–H and O–H groups in total. The van der Waals surface area contributed by atoms with Crippen LogP contribution in [0, 0.1) is 0 Å². The van der Waals surface area contributed by atoms with Gasteiger partial charge in [-0.1, -0.05) is 0 Å². The first-order chi connectivity index (χ1) is 7.15. The normalized spacial score (nSPS) is 17.6. The number of aldehydes is 1. The van der Waals surface area contributed by atoms with Gasteiger partial charge in [-0.15, -0.1) is 0 Å². The van der Waals surface area contributed by atoms with Crippen molar-refractivity contribution in [2.24, 2.45) is 0 Å². The summed E-state index contributed by atoms with van der Waals surface area (Å²) in [4.78, 5) is 27.5. The van der Waals surface area contributed by atoms with Crippen LogP contribution in [-0.2, 0) is 4.79 Å². The lowest BCUT2D eigenvalue weighted by Crippen LogP contribution is -2.51. The second-order valence-corrected chi connectivity index (χ2v) is 3.96. The molecule has 0 atom stereocenters. The predicted octanol–water partition coefficient (Wildman–Crippen LogP) is -0.125. The van der Waals surface area contributed by atoms with Gasteiger partial charge in [0.15, 0.2) is 0 Å². The molecule has 1 aliphatic rings. The van der Waals surface area contributed by atoms with E-state index in [1.165, 1.54) is 0 Å². The SMILES string of the molecule is CN(C)C(=O)N1CCN(CCC=O)CC1. The van der Waals surface area contributed by atoms with Crippen molar-refractivity contribution < 1.29 is 9.59 Å². The molecule has 2 amide bonds. The van der Waals surface area contributed by atoms with E-state index < -0.39 is 0 Å². The summed E-state index contributed by atoms with van der Waals surface area (Å²) in [7, 11) is 3.53. The number of amides is 2. The van der Waals surface area contributed by atoms with Crippen LogP contribution in [0.5, 0.6) is 0 Å². The minimum absolute atomic E-state index is 0.0741. The van der Waals surface area contributed by atoms with E-state index in [-0.39, 0.29) is 6.03 Å². The van der Waals surface area contributed by atoms with E-state index in [2.05, 4.69) is 4.90 Å². The molecular formula is C10H19N3O2. The van der Waals surface area contributed by atoms with Gasteiger partial charge in [-0.25, -0.2) is 4.79 Å². The van der Waals surface area contributed by atoms with E-state index >= 15 is 0 Å². The Morgan fingerprint density at radius 3 is 2.33 bits per heavy atom. The predicted molar refractivity (Wildman–Crippen MR) is 57.8 cm³/mol. The van der Waals surface area contributed by atoms with Crippen molar-refractivity contribution >= 4 is 12.3 Å². The summed E-state index contributed by atoms with van der Waals surface area (Å²) < 4.78 is 0. The van der Waals surface area contributed by atoms with Crippen molar-refractivity contribution in [2.75, 3.05) is 46.8 Å². The van der Waals surface area contributed by atoms with Gasteiger partial charge in [0, 0.05) is 53.2 Å². The van der Waals surface area contributed by atoms with E-state index in [9.17, 15) is 9.59 Å². The molecule has 0 spiro atoms. The van der Waals surface area contributed by atoms with Crippen LogP contribution >= 0.6 is 0 Å². The van der Waals surface area contributed by atoms with Crippen LogP contribution in [0.4, 0.5) is 4.79 Å². The molecule has 1 saturated heterocycles. The first-order valence-electron chi connectivity index (χ1n) is 5.27. The maximum atomic E-state index is 11.6. The molecule has 1 fully saturated rings. The third-order valence-electron chi connectivity index (χ3n) is 2.59. The Labute approximate surface area is 90.6 Å². The number of nitrogens with zero attached hydrogens (tertiary/aromatic N) is 3. The van der Waals surface area contributed by atoms with Crippen LogP contribution in [0.3, 0.4) is 0 Å². The average molecular weight is 213 g/mol. The molecule has 0 aromatic rings. The summed E-state index contributed by atoms with van der Waals surface area (Å²) >= 11 is 0. The van der Waals surface area contributed by atoms with E-state index in [0.717, 1.165) is 39.0 Å². The van der Waals surface area contributed by atoms with Gasteiger partial charge in [0.1, 0.15) is 6.29 Å². The second kappa shape index (κ2) is 5.70. The summed E-state index contributed by atoms with van der Waals surface area (Å²) in [5.41, 5.74) is 0. The number of carbonyl (C=O) groups is 2. The quantitative estimate of drug-likeness (QED) is 0.614. The molecule has 0 aliphatic carbocycles. The summed E-state index contributed by atoms with van der Waals surface area (Å²) in [5.74, 6) is 0. The molecule has 0 unspecified atom stereocenters. The molecule has 0 bridgehead atoms. The topological polar surface area (TPSA) is 43.9 Å². The Kier molecular flexibility index (Phi) is 4.55. The molecule has 1 heterocycles. The second-order valence-electron chi connectivity index (χ2n) is 3.96. The number of carbonyl (C=O) groups excluding carboxylic acids is 2. The van der Waals surface area contributed by atoms with Crippen molar-refractivity contribution in [1.82, 2.24) is 14.7 Å². The van der Waals surface area contributed by atoms with Gasteiger partial charge >= 0.3 is 6.03 Å². The van der Waals surface area contributed by atoms with Gasteiger partial charge in [-0.3, -0.25) is 4.90 Å². The first kappa shape index (κ1) is 12.0. The highest BCUT2D eigenvalue weighted by molar-refractivity contribution is 5.73. The Morgan fingerprint density at radius 1 is 1.27 bits per heavy atom. The van der Waals surface area contributed by atoms with Gasteiger partial charge in [0.2, 0.25) is 0 Å². The summed E-state index contributed by atoms with van der Waals surface area (Å²) in [5, 5.41) is 0. The third-order valence-corrected chi connectivity index (χ3v) is 2.59. The number of hydrogen-bond donors (Lipinski definition) is 0. The molecule has 15 heavy (non-hydrogen) atoms. The average Bonchev–Trinajstić information content (AvgIpc) is 2.26. The van der Waals surface area contributed by atoms with Crippen molar-refractivity contribution in [1.29, 1.82) is 0 Å². The third kappa shape index (κ3) is 3.51. The van der Waals surface area contributed by atoms with Crippen LogP contribution in [0.1, 0.15) is 6.42 Å². The molecule has 86 valence electrons. The molecule has 0 aromatic heterocycles. The number of urea groups is 1. The van der Waals surface area contributed by atoms with E-state index in [0.29, 0.717) is 6.42 Å². The highest BCUT2D eigenvalue weighted by Crippen LogP contribution is 2.04. The molecule has 1 rings (SSSR count). The minimum Gasteiger partial charge on any atom is -0.331 e. The maximum absolute atomic E-state index is 11.6. The molecule has 0 aromatic carbocycles. The van der Waals surface area contributed by atoms with E-state index in [1.54, 1.807) is 19.0 Å². The van der Waals surface area contributed by atoms with Crippen molar-refractivity contribution in [2.45, 2.75) is 6.42 Å². The van der Waals surface area contributed by atoms with Crippen molar-refractivity contribution in [3.05, 3.63) is 0 Å². The highest BCUT2D eigenvalue weighted by Gasteiger charge is 2.21. The van der Waals surface area contributed by atoms with Gasteiger partial charge in [-0.2, -0.15) is 0 Å². The van der Waals surface area contributed by atoms with Crippen LogP contribution < -0.4 is 0 Å². The van der Waals surface area contributed by atoms with Crippen LogP contribution in [0.15, 0.2) is 0 Å². The number of piperazine rings is 1. The van der Waals surface area contributed by atoms with Crippen LogP contribution in [0.2, 0.25) is 0 Å². The molecule has 5 nitrogen and oxygen atoms in total. The molecule has 1 aliphatic heterocycles. The smallest absolute Gasteiger partial charge is 0.319 e. The summed E-state index contributed by atoms with van der Waals surface area (Å²) in [6.07, 6.45) is 1.53. The summed E-state index contributed by atoms with van der Waals surface area (Å²) in [6, 6.07) is 0.0741. The van der Waals surface area contributed by atoms with Gasteiger partial charge in [0.05, 0.1) is 0 Å². The van der Waals surface area contributed by atoms with Gasteiger partial charge < -0.3 is 14.6 Å². The molecule has 5 heteroatoms. The number of hydrogen-bond acceptors (Lipinski definition) is 3. The standard InChI is InChI=1S/C10H19N3O2/c1-11(2)10(15)13-7-5-12(6-8-13)4-3-9-14/h9H,3-8H2,1-2H3. The lowest BCUT2D eigenvalue weighted by Gasteiger charge is -2.35. The van der Waals surface area contributed by atoms with Crippen LogP contribution in [-0.4, -0.2) is 73.8 Å². The Morgan fingerprint density at radius 2 is 1.87 bits per heavy atom. The molecule has 0 radical (unpaired) electrons. The first-order valence-corrected chi connectivity index (χ1v) is 5.27.